The van der Waals surface area contributed by atoms with E-state index in [1.165, 1.54) is 12.8 Å². The highest BCUT2D eigenvalue weighted by molar-refractivity contribution is 9.10. The Hall–Kier alpha value is -0.610. The van der Waals surface area contributed by atoms with E-state index < -0.39 is 0 Å². The molecule has 0 bridgehead atoms. The Labute approximate surface area is 116 Å². The average molecular weight is 313 g/mol. The molecular weight excluding hydrogens is 296 g/mol. The second kappa shape index (κ2) is 5.36. The number of anilines is 1. The van der Waals surface area contributed by atoms with Gasteiger partial charge in [0.1, 0.15) is 4.99 Å². The lowest BCUT2D eigenvalue weighted by Gasteiger charge is -2.16. The topological polar surface area (TPSA) is 38.0 Å². The molecule has 0 amide bonds. The lowest BCUT2D eigenvalue weighted by atomic mass is 10.1. The molecule has 0 spiro atoms. The standard InChI is InChI=1S/C13H17BrN2S/c1-8(9-5-6-9)7-16-11-4-2-3-10(14)12(11)13(15)17/h2-4,8-9,16H,5-7H2,1H3,(H2,15,17). The van der Waals surface area contributed by atoms with E-state index in [1.54, 1.807) is 0 Å². The Bertz CT molecular complexity index is 429. The van der Waals surface area contributed by atoms with Crippen molar-refractivity contribution in [2.75, 3.05) is 11.9 Å². The number of halogens is 1. The highest BCUT2D eigenvalue weighted by Gasteiger charge is 2.27. The van der Waals surface area contributed by atoms with Crippen LogP contribution in [-0.4, -0.2) is 11.5 Å². The summed E-state index contributed by atoms with van der Waals surface area (Å²) in [6.45, 7) is 3.28. The lowest BCUT2D eigenvalue weighted by Crippen LogP contribution is -2.18. The van der Waals surface area contributed by atoms with Crippen LogP contribution in [0.4, 0.5) is 5.69 Å². The fourth-order valence-corrected chi connectivity index (χ4v) is 2.96. The number of thiocarbonyl (C=S) groups is 1. The van der Waals surface area contributed by atoms with Crippen molar-refractivity contribution >= 4 is 38.8 Å². The molecule has 3 N–H and O–H groups in total. The molecule has 1 saturated carbocycles. The van der Waals surface area contributed by atoms with Gasteiger partial charge in [-0.2, -0.15) is 0 Å². The van der Waals surface area contributed by atoms with Gasteiger partial charge in [0.25, 0.3) is 0 Å². The molecule has 1 aromatic rings. The molecular formula is C13H17BrN2S. The smallest absolute Gasteiger partial charge is 0.107 e. The summed E-state index contributed by atoms with van der Waals surface area (Å²) < 4.78 is 0.953. The number of hydrogen-bond acceptors (Lipinski definition) is 2. The zero-order chi connectivity index (χ0) is 12.4. The predicted molar refractivity (Wildman–Crippen MR) is 80.4 cm³/mol. The Morgan fingerprint density at radius 3 is 2.88 bits per heavy atom. The van der Waals surface area contributed by atoms with Crippen molar-refractivity contribution in [1.29, 1.82) is 0 Å². The second-order valence-electron chi connectivity index (χ2n) is 4.72. The summed E-state index contributed by atoms with van der Waals surface area (Å²) in [5.74, 6) is 1.62. The van der Waals surface area contributed by atoms with E-state index in [2.05, 4.69) is 28.2 Å². The molecule has 0 aromatic heterocycles. The molecule has 17 heavy (non-hydrogen) atoms. The van der Waals surface area contributed by atoms with E-state index in [0.717, 1.165) is 28.2 Å². The maximum absolute atomic E-state index is 5.76. The summed E-state index contributed by atoms with van der Waals surface area (Å²) in [6.07, 6.45) is 2.76. The third-order valence-electron chi connectivity index (χ3n) is 3.30. The van der Waals surface area contributed by atoms with Crippen molar-refractivity contribution in [3.05, 3.63) is 28.2 Å². The number of hydrogen-bond donors (Lipinski definition) is 2. The van der Waals surface area contributed by atoms with Gasteiger partial charge in [0, 0.05) is 22.3 Å². The van der Waals surface area contributed by atoms with Crippen LogP contribution in [-0.2, 0) is 0 Å². The van der Waals surface area contributed by atoms with E-state index in [9.17, 15) is 0 Å². The van der Waals surface area contributed by atoms with Crippen LogP contribution in [0.15, 0.2) is 22.7 Å². The van der Waals surface area contributed by atoms with Crippen LogP contribution < -0.4 is 11.1 Å². The molecule has 2 rings (SSSR count). The van der Waals surface area contributed by atoms with Crippen LogP contribution in [0, 0.1) is 11.8 Å². The van der Waals surface area contributed by atoms with Crippen molar-refractivity contribution in [1.82, 2.24) is 0 Å². The van der Waals surface area contributed by atoms with E-state index >= 15 is 0 Å². The summed E-state index contributed by atoms with van der Waals surface area (Å²) in [6, 6.07) is 5.98. The van der Waals surface area contributed by atoms with Gasteiger partial charge in [-0.1, -0.05) is 25.2 Å². The molecule has 0 radical (unpaired) electrons. The van der Waals surface area contributed by atoms with Gasteiger partial charge in [-0.15, -0.1) is 0 Å². The molecule has 2 nitrogen and oxygen atoms in total. The molecule has 0 saturated heterocycles. The second-order valence-corrected chi connectivity index (χ2v) is 6.02. The first-order valence-corrected chi connectivity index (χ1v) is 7.12. The van der Waals surface area contributed by atoms with Crippen molar-refractivity contribution in [2.24, 2.45) is 17.6 Å². The van der Waals surface area contributed by atoms with Crippen LogP contribution >= 0.6 is 28.1 Å². The van der Waals surface area contributed by atoms with Gasteiger partial charge >= 0.3 is 0 Å². The summed E-state index contributed by atoms with van der Waals surface area (Å²) >= 11 is 8.58. The van der Waals surface area contributed by atoms with E-state index in [0.29, 0.717) is 10.9 Å². The molecule has 92 valence electrons. The monoisotopic (exact) mass is 312 g/mol. The number of benzene rings is 1. The van der Waals surface area contributed by atoms with Gasteiger partial charge in [-0.3, -0.25) is 0 Å². The Balaban J connectivity index is 2.08. The molecule has 1 aliphatic carbocycles. The van der Waals surface area contributed by atoms with Gasteiger partial charge in [-0.25, -0.2) is 0 Å². The fourth-order valence-electron chi connectivity index (χ4n) is 2.02. The zero-order valence-electron chi connectivity index (χ0n) is 9.87. The quantitative estimate of drug-likeness (QED) is 0.817. The molecule has 1 aromatic carbocycles. The van der Waals surface area contributed by atoms with Crippen LogP contribution in [0.1, 0.15) is 25.3 Å². The van der Waals surface area contributed by atoms with E-state index in [4.69, 9.17) is 18.0 Å². The average Bonchev–Trinajstić information content (AvgIpc) is 3.08. The first-order chi connectivity index (χ1) is 8.09. The summed E-state index contributed by atoms with van der Waals surface area (Å²) in [5.41, 5.74) is 7.69. The third-order valence-corrected chi connectivity index (χ3v) is 4.17. The van der Waals surface area contributed by atoms with Crippen LogP contribution in [0.3, 0.4) is 0 Å². The van der Waals surface area contributed by atoms with E-state index in [-0.39, 0.29) is 0 Å². The van der Waals surface area contributed by atoms with Gasteiger partial charge < -0.3 is 11.1 Å². The molecule has 1 unspecified atom stereocenters. The Morgan fingerprint density at radius 2 is 2.29 bits per heavy atom. The number of rotatable bonds is 5. The molecule has 0 aliphatic heterocycles. The Kier molecular flexibility index (Phi) is 4.05. The minimum Gasteiger partial charge on any atom is -0.389 e. The van der Waals surface area contributed by atoms with Crippen molar-refractivity contribution in [2.45, 2.75) is 19.8 Å². The maximum Gasteiger partial charge on any atom is 0.107 e. The summed E-state index contributed by atoms with van der Waals surface area (Å²) in [5, 5.41) is 3.46. The maximum atomic E-state index is 5.76. The van der Waals surface area contributed by atoms with Crippen LogP contribution in [0.2, 0.25) is 0 Å². The van der Waals surface area contributed by atoms with Crippen molar-refractivity contribution in [3.8, 4) is 0 Å². The molecule has 1 atom stereocenters. The predicted octanol–water partition coefficient (Wildman–Crippen LogP) is 3.54. The number of nitrogens with one attached hydrogen (secondary N) is 1. The Morgan fingerprint density at radius 1 is 1.59 bits per heavy atom. The minimum atomic E-state index is 0.430. The van der Waals surface area contributed by atoms with Crippen LogP contribution in [0.5, 0.6) is 0 Å². The first kappa shape index (κ1) is 12.8. The van der Waals surface area contributed by atoms with E-state index in [1.807, 2.05) is 18.2 Å². The summed E-state index contributed by atoms with van der Waals surface area (Å²) in [7, 11) is 0. The summed E-state index contributed by atoms with van der Waals surface area (Å²) in [4.78, 5) is 0.430. The normalized spacial score (nSPS) is 16.6. The molecule has 1 aliphatic rings. The first-order valence-electron chi connectivity index (χ1n) is 5.91. The van der Waals surface area contributed by atoms with Gasteiger partial charge in [0.15, 0.2) is 0 Å². The van der Waals surface area contributed by atoms with Gasteiger partial charge in [0.05, 0.1) is 0 Å². The third kappa shape index (κ3) is 3.19. The minimum absolute atomic E-state index is 0.430. The molecule has 0 heterocycles. The zero-order valence-corrected chi connectivity index (χ0v) is 12.3. The van der Waals surface area contributed by atoms with Gasteiger partial charge in [-0.05, 0) is 52.7 Å². The molecule has 1 fully saturated rings. The van der Waals surface area contributed by atoms with Crippen molar-refractivity contribution in [3.63, 3.8) is 0 Å². The SMILES string of the molecule is CC(CNc1cccc(Br)c1C(N)=S)C1CC1. The highest BCUT2D eigenvalue weighted by Crippen LogP contribution is 2.36. The number of nitrogens with two attached hydrogens (primary N) is 1. The van der Waals surface area contributed by atoms with Crippen LogP contribution in [0.25, 0.3) is 0 Å². The molecule has 4 heteroatoms. The largest absolute Gasteiger partial charge is 0.389 e. The highest BCUT2D eigenvalue weighted by atomic mass is 79.9. The lowest BCUT2D eigenvalue weighted by molar-refractivity contribution is 0.536. The fraction of sp³-hybridized carbons (Fsp3) is 0.462. The van der Waals surface area contributed by atoms with Crippen molar-refractivity contribution < 1.29 is 0 Å². The van der Waals surface area contributed by atoms with Gasteiger partial charge in [0.2, 0.25) is 0 Å².